The van der Waals surface area contributed by atoms with Gasteiger partial charge >= 0.3 is 0 Å². The Labute approximate surface area is 110 Å². The van der Waals surface area contributed by atoms with Crippen LogP contribution in [0.3, 0.4) is 0 Å². The zero-order chi connectivity index (χ0) is 12.2. The first-order valence-electron chi connectivity index (χ1n) is 4.69. The number of halogens is 2. The van der Waals surface area contributed by atoms with Gasteiger partial charge in [-0.25, -0.2) is 13.1 Å². The number of thiophene rings is 1. The van der Waals surface area contributed by atoms with Crippen molar-refractivity contribution in [3.05, 3.63) is 17.5 Å². The zero-order valence-corrected chi connectivity index (χ0v) is 11.9. The summed E-state index contributed by atoms with van der Waals surface area (Å²) in [5, 5.41) is 1.71. The van der Waals surface area contributed by atoms with E-state index < -0.39 is 15.6 Å². The molecule has 92 valence electrons. The summed E-state index contributed by atoms with van der Waals surface area (Å²) in [5.41, 5.74) is -0.772. The molecule has 0 fully saturated rings. The average molecular weight is 302 g/mol. The topological polar surface area (TPSA) is 46.2 Å². The Hall–Kier alpha value is 0.190. The molecule has 0 aliphatic carbocycles. The summed E-state index contributed by atoms with van der Waals surface area (Å²) in [6, 6.07) is 3.24. The summed E-state index contributed by atoms with van der Waals surface area (Å²) < 4.78 is 26.8. The molecule has 1 rings (SSSR count). The highest BCUT2D eigenvalue weighted by atomic mass is 35.5. The molecule has 0 saturated carbocycles. The van der Waals surface area contributed by atoms with Gasteiger partial charge in [0.15, 0.2) is 0 Å². The normalized spacial score (nSPS) is 12.9. The maximum Gasteiger partial charge on any atom is 0.250 e. The maximum atomic E-state index is 12.0. The maximum absolute atomic E-state index is 12.0. The lowest BCUT2D eigenvalue weighted by atomic mass is 10.0. The van der Waals surface area contributed by atoms with Crippen LogP contribution in [-0.2, 0) is 10.0 Å². The molecule has 0 bridgehead atoms. The van der Waals surface area contributed by atoms with Crippen LogP contribution in [0.4, 0.5) is 0 Å². The smallest absolute Gasteiger partial charge is 0.206 e. The Morgan fingerprint density at radius 2 is 2.06 bits per heavy atom. The van der Waals surface area contributed by atoms with Gasteiger partial charge in [-0.2, -0.15) is 0 Å². The molecular weight excluding hydrogens is 289 g/mol. The van der Waals surface area contributed by atoms with Gasteiger partial charge in [0.2, 0.25) is 0 Å². The minimum Gasteiger partial charge on any atom is -0.206 e. The predicted molar refractivity (Wildman–Crippen MR) is 69.1 cm³/mol. The van der Waals surface area contributed by atoms with E-state index in [0.717, 1.165) is 0 Å². The highest BCUT2D eigenvalue weighted by Crippen LogP contribution is 2.22. The van der Waals surface area contributed by atoms with Crippen LogP contribution in [0, 0.1) is 0 Å². The number of rotatable bonds is 6. The minimum absolute atomic E-state index is 0.150. The van der Waals surface area contributed by atoms with Gasteiger partial charge in [-0.15, -0.1) is 34.5 Å². The molecule has 0 radical (unpaired) electrons. The van der Waals surface area contributed by atoms with Gasteiger partial charge in [-0.05, 0) is 17.9 Å². The summed E-state index contributed by atoms with van der Waals surface area (Å²) >= 11 is 12.7. The molecule has 7 heteroatoms. The fourth-order valence-corrected chi connectivity index (χ4v) is 4.52. The van der Waals surface area contributed by atoms with E-state index in [2.05, 4.69) is 4.72 Å². The quantitative estimate of drug-likeness (QED) is 0.821. The third kappa shape index (κ3) is 3.11. The average Bonchev–Trinajstić information content (AvgIpc) is 2.80. The second kappa shape index (κ2) is 5.69. The van der Waals surface area contributed by atoms with Gasteiger partial charge in [-0.1, -0.05) is 13.0 Å². The number of sulfonamides is 1. The van der Waals surface area contributed by atoms with Crippen molar-refractivity contribution >= 4 is 44.6 Å². The highest BCUT2D eigenvalue weighted by Gasteiger charge is 2.32. The van der Waals surface area contributed by atoms with Crippen molar-refractivity contribution < 1.29 is 8.42 Å². The second-order valence-electron chi connectivity index (χ2n) is 3.44. The van der Waals surface area contributed by atoms with Crippen LogP contribution in [0.1, 0.15) is 13.3 Å². The molecule has 1 aromatic rings. The fraction of sp³-hybridized carbons (Fsp3) is 0.556. The fourth-order valence-electron chi connectivity index (χ4n) is 1.10. The van der Waals surface area contributed by atoms with Crippen LogP contribution in [0.2, 0.25) is 0 Å². The van der Waals surface area contributed by atoms with E-state index in [1.807, 2.05) is 6.92 Å². The SMILES string of the molecule is CCC(CCl)(CCl)NS(=O)(=O)c1cccs1. The summed E-state index contributed by atoms with van der Waals surface area (Å²) in [6.07, 6.45) is 0.546. The van der Waals surface area contributed by atoms with Crippen molar-refractivity contribution in [2.24, 2.45) is 0 Å². The molecule has 0 saturated heterocycles. The van der Waals surface area contributed by atoms with Crippen molar-refractivity contribution in [2.45, 2.75) is 23.1 Å². The van der Waals surface area contributed by atoms with Crippen LogP contribution in [-0.4, -0.2) is 25.7 Å². The van der Waals surface area contributed by atoms with Gasteiger partial charge < -0.3 is 0 Å². The van der Waals surface area contributed by atoms with E-state index in [0.29, 0.717) is 6.42 Å². The zero-order valence-electron chi connectivity index (χ0n) is 8.74. The van der Waals surface area contributed by atoms with E-state index >= 15 is 0 Å². The largest absolute Gasteiger partial charge is 0.250 e. The van der Waals surface area contributed by atoms with Gasteiger partial charge in [0, 0.05) is 11.8 Å². The predicted octanol–water partition coefficient (Wildman–Crippen LogP) is 2.65. The Kier molecular flexibility index (Phi) is 5.07. The summed E-state index contributed by atoms with van der Waals surface area (Å²) in [5.74, 6) is 0.301. The van der Waals surface area contributed by atoms with Crippen LogP contribution >= 0.6 is 34.5 Å². The molecular formula is C9H13Cl2NO2S2. The molecule has 0 aliphatic rings. The molecule has 1 aromatic heterocycles. The first-order valence-corrected chi connectivity index (χ1v) is 8.12. The monoisotopic (exact) mass is 301 g/mol. The Morgan fingerprint density at radius 3 is 2.44 bits per heavy atom. The van der Waals surface area contributed by atoms with Crippen molar-refractivity contribution in [3.8, 4) is 0 Å². The van der Waals surface area contributed by atoms with E-state index in [4.69, 9.17) is 23.2 Å². The van der Waals surface area contributed by atoms with Gasteiger partial charge in [-0.3, -0.25) is 0 Å². The summed E-state index contributed by atoms with van der Waals surface area (Å²) in [7, 11) is -3.51. The van der Waals surface area contributed by atoms with Gasteiger partial charge in [0.1, 0.15) is 4.21 Å². The molecule has 0 aromatic carbocycles. The van der Waals surface area contributed by atoms with Crippen LogP contribution in [0.15, 0.2) is 21.7 Å². The minimum atomic E-state index is -3.51. The van der Waals surface area contributed by atoms with Crippen LogP contribution in [0.25, 0.3) is 0 Å². The second-order valence-corrected chi connectivity index (χ2v) is 6.83. The molecule has 0 amide bonds. The Balaban J connectivity index is 2.96. The number of alkyl halides is 2. The lowest BCUT2D eigenvalue weighted by Crippen LogP contribution is -2.50. The van der Waals surface area contributed by atoms with Crippen molar-refractivity contribution in [1.29, 1.82) is 0 Å². The van der Waals surface area contributed by atoms with Gasteiger partial charge in [0.25, 0.3) is 10.0 Å². The van der Waals surface area contributed by atoms with Crippen molar-refractivity contribution in [3.63, 3.8) is 0 Å². The summed E-state index contributed by atoms with van der Waals surface area (Å²) in [4.78, 5) is 0. The van der Waals surface area contributed by atoms with E-state index in [1.165, 1.54) is 11.3 Å². The number of hydrogen-bond donors (Lipinski definition) is 1. The number of hydrogen-bond acceptors (Lipinski definition) is 3. The standard InChI is InChI=1S/C9H13Cl2NO2S2/c1-2-9(6-10,7-11)12-16(13,14)8-4-3-5-15-8/h3-5,12H,2,6-7H2,1H3. The van der Waals surface area contributed by atoms with E-state index in [1.54, 1.807) is 17.5 Å². The Bertz CT molecular complexity index is 404. The van der Waals surface area contributed by atoms with Crippen LogP contribution < -0.4 is 4.72 Å². The molecule has 0 spiro atoms. The van der Waals surface area contributed by atoms with E-state index in [9.17, 15) is 8.42 Å². The third-order valence-corrected chi connectivity index (χ3v) is 6.30. The first-order chi connectivity index (χ1) is 7.49. The summed E-state index contributed by atoms with van der Waals surface area (Å²) in [6.45, 7) is 1.85. The molecule has 16 heavy (non-hydrogen) atoms. The van der Waals surface area contributed by atoms with Crippen LogP contribution in [0.5, 0.6) is 0 Å². The lowest BCUT2D eigenvalue weighted by Gasteiger charge is -2.28. The van der Waals surface area contributed by atoms with E-state index in [-0.39, 0.29) is 16.0 Å². The molecule has 1 heterocycles. The molecule has 0 aliphatic heterocycles. The highest BCUT2D eigenvalue weighted by molar-refractivity contribution is 7.91. The van der Waals surface area contributed by atoms with Gasteiger partial charge in [0.05, 0.1) is 5.54 Å². The Morgan fingerprint density at radius 1 is 1.44 bits per heavy atom. The third-order valence-electron chi connectivity index (χ3n) is 2.30. The lowest BCUT2D eigenvalue weighted by molar-refractivity contribution is 0.450. The molecule has 1 N–H and O–H groups in total. The number of nitrogens with one attached hydrogen (secondary N) is 1. The molecule has 3 nitrogen and oxygen atoms in total. The molecule has 0 unspecified atom stereocenters. The van der Waals surface area contributed by atoms with Crippen molar-refractivity contribution in [2.75, 3.05) is 11.8 Å². The molecule has 0 atom stereocenters. The first kappa shape index (κ1) is 14.3. The van der Waals surface area contributed by atoms with Crippen molar-refractivity contribution in [1.82, 2.24) is 4.72 Å².